The van der Waals surface area contributed by atoms with Crippen LogP contribution in [0.25, 0.3) is 0 Å². The number of halogens is 2. The molecule has 1 aromatic carbocycles. The number of tetrazole rings is 1. The summed E-state index contributed by atoms with van der Waals surface area (Å²) in [6.07, 6.45) is 1.60. The number of H-pyrrole nitrogens is 1. The van der Waals surface area contributed by atoms with E-state index in [4.69, 9.17) is 4.74 Å². The number of hydrogen-bond donors (Lipinski definition) is 2. The maximum Gasteiger partial charge on any atom is 0.283 e. The van der Waals surface area contributed by atoms with E-state index in [1.807, 2.05) is 12.1 Å². The number of methoxy groups -OCH3 is 1. The third-order valence-corrected chi connectivity index (χ3v) is 3.00. The molecule has 0 atom stereocenters. The van der Waals surface area contributed by atoms with Crippen LogP contribution in [-0.4, -0.2) is 33.9 Å². The van der Waals surface area contributed by atoms with Crippen molar-refractivity contribution in [3.8, 4) is 5.75 Å². The molecule has 1 heterocycles. The van der Waals surface area contributed by atoms with Crippen molar-refractivity contribution >= 4 is 44.0 Å². The topological polar surface area (TPSA) is 88.1 Å². The smallest absolute Gasteiger partial charge is 0.283 e. The number of nitrogens with zero attached hydrogens (tertiary/aromatic N) is 4. The molecule has 18 heavy (non-hydrogen) atoms. The maximum absolute atomic E-state index is 5.28. The van der Waals surface area contributed by atoms with Crippen LogP contribution in [0.3, 0.4) is 0 Å². The minimum absolute atomic E-state index is 0.291. The first-order chi connectivity index (χ1) is 8.70. The number of benzene rings is 1. The molecule has 2 aromatic rings. The number of aromatic amines is 1. The van der Waals surface area contributed by atoms with Crippen molar-refractivity contribution in [1.29, 1.82) is 0 Å². The number of ether oxygens (including phenoxy) is 1. The van der Waals surface area contributed by atoms with Gasteiger partial charge in [0.1, 0.15) is 5.75 Å². The van der Waals surface area contributed by atoms with E-state index < -0.39 is 0 Å². The highest BCUT2D eigenvalue weighted by atomic mass is 79.9. The molecule has 0 radical (unpaired) electrons. The van der Waals surface area contributed by atoms with Gasteiger partial charge in [0.2, 0.25) is 0 Å². The molecule has 7 nitrogen and oxygen atoms in total. The summed E-state index contributed by atoms with van der Waals surface area (Å²) in [6, 6.07) is 3.77. The number of rotatable bonds is 4. The molecule has 94 valence electrons. The summed E-state index contributed by atoms with van der Waals surface area (Å²) in [5.41, 5.74) is 3.43. The van der Waals surface area contributed by atoms with E-state index >= 15 is 0 Å². The number of nitrogens with one attached hydrogen (secondary N) is 2. The van der Waals surface area contributed by atoms with Crippen LogP contribution in [0.15, 0.2) is 26.2 Å². The molecule has 2 rings (SSSR count). The van der Waals surface area contributed by atoms with Gasteiger partial charge in [-0.25, -0.2) is 5.43 Å². The fourth-order valence-electron chi connectivity index (χ4n) is 1.26. The van der Waals surface area contributed by atoms with Gasteiger partial charge >= 0.3 is 0 Å². The molecule has 0 saturated heterocycles. The molecule has 2 N–H and O–H groups in total. The van der Waals surface area contributed by atoms with Gasteiger partial charge in [-0.2, -0.15) is 10.3 Å². The molecule has 0 unspecified atom stereocenters. The van der Waals surface area contributed by atoms with Gasteiger partial charge in [-0.05, 0) is 33.3 Å². The Kier molecular flexibility index (Phi) is 4.26. The van der Waals surface area contributed by atoms with Gasteiger partial charge in [-0.15, -0.1) is 5.10 Å². The SMILES string of the molecule is COc1c(Br)cc(Br)cc1C=NNc1nn[nH]n1. The summed E-state index contributed by atoms with van der Waals surface area (Å²) >= 11 is 6.81. The first-order valence-corrected chi connectivity index (χ1v) is 6.35. The second-order valence-corrected chi connectivity index (χ2v) is 4.89. The molecule has 0 aliphatic carbocycles. The molecule has 0 spiro atoms. The van der Waals surface area contributed by atoms with Gasteiger partial charge in [0, 0.05) is 10.0 Å². The number of aromatic nitrogens is 4. The predicted molar refractivity (Wildman–Crippen MR) is 73.8 cm³/mol. The first-order valence-electron chi connectivity index (χ1n) is 4.76. The van der Waals surface area contributed by atoms with Crippen LogP contribution >= 0.6 is 31.9 Å². The Morgan fingerprint density at radius 1 is 1.44 bits per heavy atom. The third-order valence-electron chi connectivity index (χ3n) is 1.95. The van der Waals surface area contributed by atoms with E-state index in [2.05, 4.69) is 63.0 Å². The van der Waals surface area contributed by atoms with Crippen molar-refractivity contribution in [2.75, 3.05) is 12.5 Å². The van der Waals surface area contributed by atoms with Gasteiger partial charge in [0.25, 0.3) is 5.95 Å². The number of anilines is 1. The molecule has 0 amide bonds. The molecule has 0 aliphatic heterocycles. The zero-order valence-corrected chi connectivity index (χ0v) is 12.4. The molecular formula is C9H8Br2N6O. The lowest BCUT2D eigenvalue weighted by atomic mass is 10.2. The van der Waals surface area contributed by atoms with Crippen LogP contribution in [0.4, 0.5) is 5.95 Å². The Bertz CT molecular complexity index is 556. The van der Waals surface area contributed by atoms with E-state index in [0.717, 1.165) is 14.5 Å². The molecule has 0 bridgehead atoms. The van der Waals surface area contributed by atoms with E-state index in [1.54, 1.807) is 13.3 Å². The highest BCUT2D eigenvalue weighted by Crippen LogP contribution is 2.31. The van der Waals surface area contributed by atoms with Crippen molar-refractivity contribution in [3.63, 3.8) is 0 Å². The summed E-state index contributed by atoms with van der Waals surface area (Å²) < 4.78 is 7.03. The predicted octanol–water partition coefficient (Wildman–Crippen LogP) is 2.18. The van der Waals surface area contributed by atoms with Crippen LogP contribution in [0.5, 0.6) is 5.75 Å². The van der Waals surface area contributed by atoms with Crippen LogP contribution in [0.1, 0.15) is 5.56 Å². The molecule has 1 aromatic heterocycles. The Balaban J connectivity index is 2.20. The van der Waals surface area contributed by atoms with Crippen LogP contribution in [-0.2, 0) is 0 Å². The quantitative estimate of drug-likeness (QED) is 0.631. The van der Waals surface area contributed by atoms with E-state index in [0.29, 0.717) is 11.7 Å². The van der Waals surface area contributed by atoms with Crippen LogP contribution in [0.2, 0.25) is 0 Å². The van der Waals surface area contributed by atoms with E-state index in [-0.39, 0.29) is 0 Å². The van der Waals surface area contributed by atoms with Crippen LogP contribution < -0.4 is 10.2 Å². The lowest BCUT2D eigenvalue weighted by Crippen LogP contribution is -1.96. The first kappa shape index (κ1) is 13.0. The van der Waals surface area contributed by atoms with Gasteiger partial charge in [-0.1, -0.05) is 21.0 Å². The van der Waals surface area contributed by atoms with Crippen molar-refractivity contribution in [3.05, 3.63) is 26.6 Å². The number of hydrogen-bond acceptors (Lipinski definition) is 6. The monoisotopic (exact) mass is 374 g/mol. The molecule has 0 fully saturated rings. The summed E-state index contributed by atoms with van der Waals surface area (Å²) in [7, 11) is 1.60. The van der Waals surface area contributed by atoms with Crippen molar-refractivity contribution in [2.24, 2.45) is 5.10 Å². The van der Waals surface area contributed by atoms with Gasteiger partial charge in [0.05, 0.1) is 17.8 Å². The summed E-state index contributed by atoms with van der Waals surface area (Å²) in [6.45, 7) is 0. The highest BCUT2D eigenvalue weighted by molar-refractivity contribution is 9.11. The third kappa shape index (κ3) is 3.05. The Morgan fingerprint density at radius 2 is 2.28 bits per heavy atom. The van der Waals surface area contributed by atoms with Gasteiger partial charge in [0.15, 0.2) is 0 Å². The summed E-state index contributed by atoms with van der Waals surface area (Å²) in [4.78, 5) is 0. The molecule has 0 saturated carbocycles. The molecule has 0 aliphatic rings. The zero-order valence-electron chi connectivity index (χ0n) is 9.19. The summed E-state index contributed by atoms with van der Waals surface area (Å²) in [5.74, 6) is 0.983. The lowest BCUT2D eigenvalue weighted by molar-refractivity contribution is 0.411. The second kappa shape index (κ2) is 5.91. The fourth-order valence-corrected chi connectivity index (χ4v) is 2.68. The maximum atomic E-state index is 5.28. The van der Waals surface area contributed by atoms with E-state index in [9.17, 15) is 0 Å². The average Bonchev–Trinajstić information content (AvgIpc) is 2.81. The fraction of sp³-hybridized carbons (Fsp3) is 0.111. The minimum atomic E-state index is 0.291. The van der Waals surface area contributed by atoms with Crippen molar-refractivity contribution in [2.45, 2.75) is 0 Å². The highest BCUT2D eigenvalue weighted by Gasteiger charge is 2.07. The van der Waals surface area contributed by atoms with Crippen LogP contribution in [0, 0.1) is 0 Å². The average molecular weight is 376 g/mol. The Morgan fingerprint density at radius 3 is 2.94 bits per heavy atom. The second-order valence-electron chi connectivity index (χ2n) is 3.12. The minimum Gasteiger partial charge on any atom is -0.495 e. The number of hydrazone groups is 1. The zero-order chi connectivity index (χ0) is 13.0. The lowest BCUT2D eigenvalue weighted by Gasteiger charge is -2.07. The largest absolute Gasteiger partial charge is 0.495 e. The summed E-state index contributed by atoms with van der Waals surface area (Å²) in [5, 5.41) is 17.1. The molecule has 9 heteroatoms. The normalized spacial score (nSPS) is 10.8. The van der Waals surface area contributed by atoms with Gasteiger partial charge in [-0.3, -0.25) is 0 Å². The molecular weight excluding hydrogens is 368 g/mol. The Hall–Kier alpha value is -1.48. The van der Waals surface area contributed by atoms with Crippen molar-refractivity contribution < 1.29 is 4.74 Å². The van der Waals surface area contributed by atoms with E-state index in [1.165, 1.54) is 0 Å². The van der Waals surface area contributed by atoms with Gasteiger partial charge < -0.3 is 4.74 Å². The van der Waals surface area contributed by atoms with Crippen molar-refractivity contribution in [1.82, 2.24) is 20.6 Å². The Labute approximate surface area is 119 Å². The standard InChI is InChI=1S/C9H8Br2N6O/c1-18-8-5(2-6(10)3-7(8)11)4-12-13-9-14-16-17-15-9/h2-4H,1H3,(H2,13,14,15,16,17).